The lowest BCUT2D eigenvalue weighted by Crippen LogP contribution is -2.26. The minimum Gasteiger partial charge on any atom is -0.479 e. The molecule has 0 saturated carbocycles. The number of ether oxygens (including phenoxy) is 2. The molecule has 0 N–H and O–H groups in total. The van der Waals surface area contributed by atoms with Crippen molar-refractivity contribution in [3.05, 3.63) is 53.1 Å². The summed E-state index contributed by atoms with van der Waals surface area (Å²) in [6.07, 6.45) is -5.26. The molecule has 0 amide bonds. The van der Waals surface area contributed by atoms with Crippen LogP contribution in [0.1, 0.15) is 19.4 Å². The van der Waals surface area contributed by atoms with Crippen LogP contribution < -0.4 is 4.74 Å². The predicted molar refractivity (Wildman–Crippen MR) is 88.6 cm³/mol. The maximum atomic E-state index is 12.7. The number of hydrogen-bond acceptors (Lipinski definition) is 3. The second-order valence-corrected chi connectivity index (χ2v) is 5.64. The van der Waals surface area contributed by atoms with Crippen molar-refractivity contribution in [3.63, 3.8) is 0 Å². The molecule has 2 rings (SSSR count). The predicted octanol–water partition coefficient (Wildman–Crippen LogP) is 5.36. The van der Waals surface area contributed by atoms with E-state index in [0.29, 0.717) is 16.9 Å². The second-order valence-electron chi connectivity index (χ2n) is 5.23. The van der Waals surface area contributed by atoms with Gasteiger partial charge in [-0.3, -0.25) is 0 Å². The first kappa shape index (κ1) is 19.1. The summed E-state index contributed by atoms with van der Waals surface area (Å²) >= 11 is 6.00. The van der Waals surface area contributed by atoms with Crippen LogP contribution in [0.2, 0.25) is 5.02 Å². The second kappa shape index (κ2) is 7.78. The molecule has 2 aromatic carbocycles. The SMILES string of the molecule is CCOC(=O)C(C)Oc1cccc(-c2ccc(C(F)(F)F)cc2Cl)c1. The normalized spacial score (nSPS) is 12.6. The molecular weight excluding hydrogens is 357 g/mol. The fraction of sp³-hybridized carbons (Fsp3) is 0.278. The van der Waals surface area contributed by atoms with E-state index in [2.05, 4.69) is 0 Å². The largest absolute Gasteiger partial charge is 0.479 e. The van der Waals surface area contributed by atoms with Crippen molar-refractivity contribution in [2.45, 2.75) is 26.1 Å². The summed E-state index contributed by atoms with van der Waals surface area (Å²) < 4.78 is 48.6. The first-order valence-corrected chi connectivity index (χ1v) is 7.90. The zero-order chi connectivity index (χ0) is 18.6. The van der Waals surface area contributed by atoms with Crippen molar-refractivity contribution >= 4 is 17.6 Å². The topological polar surface area (TPSA) is 35.5 Å². The molecule has 0 aliphatic carbocycles. The summed E-state index contributed by atoms with van der Waals surface area (Å²) in [6.45, 7) is 3.49. The smallest absolute Gasteiger partial charge is 0.416 e. The quantitative estimate of drug-likeness (QED) is 0.663. The summed E-state index contributed by atoms with van der Waals surface area (Å²) in [4.78, 5) is 11.6. The number of esters is 1. The third-order valence-corrected chi connectivity index (χ3v) is 3.69. The van der Waals surface area contributed by atoms with Crippen LogP contribution in [0, 0.1) is 0 Å². The van der Waals surface area contributed by atoms with Gasteiger partial charge in [-0.15, -0.1) is 0 Å². The monoisotopic (exact) mass is 372 g/mol. The maximum Gasteiger partial charge on any atom is 0.416 e. The van der Waals surface area contributed by atoms with Crippen LogP contribution in [0.5, 0.6) is 5.75 Å². The number of hydrogen-bond donors (Lipinski definition) is 0. The van der Waals surface area contributed by atoms with Gasteiger partial charge in [-0.1, -0.05) is 29.8 Å². The van der Waals surface area contributed by atoms with Crippen LogP contribution in [-0.2, 0) is 15.7 Å². The van der Waals surface area contributed by atoms with Crippen molar-refractivity contribution in [2.75, 3.05) is 6.61 Å². The van der Waals surface area contributed by atoms with Crippen molar-refractivity contribution in [2.24, 2.45) is 0 Å². The van der Waals surface area contributed by atoms with Crippen molar-refractivity contribution < 1.29 is 27.4 Å². The summed E-state index contributed by atoms with van der Waals surface area (Å²) in [6, 6.07) is 9.75. The molecule has 0 aliphatic heterocycles. The van der Waals surface area contributed by atoms with Crippen LogP contribution in [0.25, 0.3) is 11.1 Å². The molecule has 1 unspecified atom stereocenters. The third-order valence-electron chi connectivity index (χ3n) is 3.37. The van der Waals surface area contributed by atoms with E-state index in [1.165, 1.54) is 6.07 Å². The number of alkyl halides is 3. The molecule has 0 bridgehead atoms. The molecule has 0 spiro atoms. The molecule has 7 heteroatoms. The first-order chi connectivity index (χ1) is 11.7. The highest BCUT2D eigenvalue weighted by molar-refractivity contribution is 6.33. The minimum atomic E-state index is -4.46. The summed E-state index contributed by atoms with van der Waals surface area (Å²) in [5, 5.41) is -0.0228. The van der Waals surface area contributed by atoms with Gasteiger partial charge in [0.1, 0.15) is 5.75 Å². The Kier molecular flexibility index (Phi) is 5.95. The minimum absolute atomic E-state index is 0.0228. The van der Waals surface area contributed by atoms with Gasteiger partial charge in [0.05, 0.1) is 12.2 Å². The van der Waals surface area contributed by atoms with Crippen molar-refractivity contribution in [1.82, 2.24) is 0 Å². The van der Waals surface area contributed by atoms with E-state index in [0.717, 1.165) is 12.1 Å². The third kappa shape index (κ3) is 4.89. The lowest BCUT2D eigenvalue weighted by Gasteiger charge is -2.15. The van der Waals surface area contributed by atoms with Gasteiger partial charge in [0, 0.05) is 10.6 Å². The molecule has 25 heavy (non-hydrogen) atoms. The van der Waals surface area contributed by atoms with Crippen LogP contribution in [0.15, 0.2) is 42.5 Å². The average Bonchev–Trinajstić information content (AvgIpc) is 2.54. The van der Waals surface area contributed by atoms with Gasteiger partial charge in [-0.05, 0) is 43.7 Å². The zero-order valence-corrected chi connectivity index (χ0v) is 14.3. The number of halogens is 4. The molecular formula is C18H16ClF3O3. The van der Waals surface area contributed by atoms with Crippen molar-refractivity contribution in [1.29, 1.82) is 0 Å². The Morgan fingerprint density at radius 2 is 1.92 bits per heavy atom. The van der Waals surface area contributed by atoms with Gasteiger partial charge in [-0.2, -0.15) is 13.2 Å². The number of benzene rings is 2. The molecule has 134 valence electrons. The van der Waals surface area contributed by atoms with Crippen LogP contribution in [0.3, 0.4) is 0 Å². The van der Waals surface area contributed by atoms with Gasteiger partial charge < -0.3 is 9.47 Å². The summed E-state index contributed by atoms with van der Waals surface area (Å²) in [7, 11) is 0. The molecule has 0 heterocycles. The zero-order valence-electron chi connectivity index (χ0n) is 13.6. The van der Waals surface area contributed by atoms with Gasteiger partial charge in [-0.25, -0.2) is 4.79 Å². The summed E-state index contributed by atoms with van der Waals surface area (Å²) in [5.74, 6) is -0.116. The standard InChI is InChI=1S/C18H16ClF3O3/c1-3-24-17(23)11(2)25-14-6-4-5-12(9-14)15-8-7-13(10-16(15)19)18(20,21)22/h4-11H,3H2,1-2H3. The fourth-order valence-corrected chi connectivity index (χ4v) is 2.46. The Bertz CT molecular complexity index is 759. The number of carbonyl (C=O) groups is 1. The van der Waals surface area contributed by atoms with E-state index < -0.39 is 23.8 Å². The Labute approximate surface area is 148 Å². The Morgan fingerprint density at radius 3 is 2.52 bits per heavy atom. The Hall–Kier alpha value is -2.21. The van der Waals surface area contributed by atoms with Crippen LogP contribution in [-0.4, -0.2) is 18.7 Å². The lowest BCUT2D eigenvalue weighted by atomic mass is 10.0. The van der Waals surface area contributed by atoms with Gasteiger partial charge in [0.15, 0.2) is 6.10 Å². The van der Waals surface area contributed by atoms with Gasteiger partial charge >= 0.3 is 12.1 Å². The first-order valence-electron chi connectivity index (χ1n) is 7.53. The van der Waals surface area contributed by atoms with E-state index in [1.807, 2.05) is 0 Å². The molecule has 0 radical (unpaired) electrons. The molecule has 3 nitrogen and oxygen atoms in total. The molecule has 0 fully saturated rings. The molecule has 0 saturated heterocycles. The van der Waals surface area contributed by atoms with Crippen LogP contribution in [0.4, 0.5) is 13.2 Å². The lowest BCUT2D eigenvalue weighted by molar-refractivity contribution is -0.150. The fourth-order valence-electron chi connectivity index (χ4n) is 2.17. The average molecular weight is 373 g/mol. The van der Waals surface area contributed by atoms with Crippen LogP contribution >= 0.6 is 11.6 Å². The Balaban J connectivity index is 2.25. The Morgan fingerprint density at radius 1 is 1.20 bits per heavy atom. The molecule has 1 atom stereocenters. The molecule has 2 aromatic rings. The summed E-state index contributed by atoms with van der Waals surface area (Å²) in [5.41, 5.74) is 0.195. The highest BCUT2D eigenvalue weighted by atomic mass is 35.5. The molecule has 0 aromatic heterocycles. The highest BCUT2D eigenvalue weighted by Gasteiger charge is 2.31. The van der Waals surface area contributed by atoms with Gasteiger partial charge in [0.2, 0.25) is 0 Å². The van der Waals surface area contributed by atoms with Crippen molar-refractivity contribution in [3.8, 4) is 16.9 Å². The number of rotatable bonds is 5. The van der Waals surface area contributed by atoms with Gasteiger partial charge in [0.25, 0.3) is 0 Å². The molecule has 0 aliphatic rings. The maximum absolute atomic E-state index is 12.7. The van der Waals surface area contributed by atoms with E-state index in [1.54, 1.807) is 38.1 Å². The van der Waals surface area contributed by atoms with E-state index >= 15 is 0 Å². The number of carbonyl (C=O) groups excluding carboxylic acids is 1. The van der Waals surface area contributed by atoms with E-state index in [4.69, 9.17) is 21.1 Å². The van der Waals surface area contributed by atoms with E-state index in [-0.39, 0.29) is 11.6 Å². The van der Waals surface area contributed by atoms with E-state index in [9.17, 15) is 18.0 Å². The highest BCUT2D eigenvalue weighted by Crippen LogP contribution is 2.36.